The van der Waals surface area contributed by atoms with Gasteiger partial charge in [0, 0.05) is 20.0 Å². The molecule has 2 aromatic carbocycles. The first kappa shape index (κ1) is 37.3. The summed E-state index contributed by atoms with van der Waals surface area (Å²) in [6.07, 6.45) is -4.62. The minimum Gasteiger partial charge on any atom is -0.508 e. The number of aliphatic hydroxyl groups is 1. The number of carbonyl (C=O) groups is 5. The van der Waals surface area contributed by atoms with Crippen LogP contribution in [0.4, 0.5) is 13.2 Å². The number of nitrogens with zero attached hydrogens (tertiary/aromatic N) is 1. The number of rotatable bonds is 13. The highest BCUT2D eigenvalue weighted by Gasteiger charge is 2.38. The lowest BCUT2D eigenvalue weighted by molar-refractivity contribution is -0.192. The van der Waals surface area contributed by atoms with Gasteiger partial charge in [-0.05, 0) is 36.6 Å². The van der Waals surface area contributed by atoms with Crippen molar-refractivity contribution in [3.8, 4) is 5.75 Å². The van der Waals surface area contributed by atoms with Crippen molar-refractivity contribution >= 4 is 29.6 Å². The van der Waals surface area contributed by atoms with E-state index in [-0.39, 0.29) is 38.3 Å². The molecule has 0 bridgehead atoms. The van der Waals surface area contributed by atoms with Crippen LogP contribution in [0.15, 0.2) is 54.6 Å². The number of phenolic OH excluding ortho intramolecular Hbond substituents is 1. The fourth-order valence-electron chi connectivity index (χ4n) is 3.52. The van der Waals surface area contributed by atoms with Crippen molar-refractivity contribution in [2.75, 3.05) is 26.7 Å². The minimum atomic E-state index is -5.08. The van der Waals surface area contributed by atoms with Crippen LogP contribution in [0.3, 0.4) is 0 Å². The summed E-state index contributed by atoms with van der Waals surface area (Å²) in [6.45, 7) is 0.900. The van der Waals surface area contributed by atoms with Crippen molar-refractivity contribution in [1.29, 1.82) is 0 Å². The van der Waals surface area contributed by atoms with Crippen molar-refractivity contribution in [1.82, 2.24) is 20.9 Å². The van der Waals surface area contributed by atoms with Crippen molar-refractivity contribution in [2.24, 2.45) is 5.73 Å². The second-order valence-corrected chi connectivity index (χ2v) is 9.45. The molecule has 0 radical (unpaired) electrons. The molecule has 0 fully saturated rings. The number of alkyl halides is 3. The summed E-state index contributed by atoms with van der Waals surface area (Å²) in [5, 5.41) is 33.1. The van der Waals surface area contributed by atoms with Gasteiger partial charge in [-0.15, -0.1) is 0 Å². The Balaban J connectivity index is 0.00000123. The van der Waals surface area contributed by atoms with E-state index in [1.54, 1.807) is 12.1 Å². The number of carbonyl (C=O) groups excluding carboxylic acids is 4. The Morgan fingerprint density at radius 1 is 0.886 bits per heavy atom. The summed E-state index contributed by atoms with van der Waals surface area (Å²) in [5.74, 6) is -4.71. The Bertz CT molecular complexity index is 1250. The van der Waals surface area contributed by atoms with Gasteiger partial charge in [-0.25, -0.2) is 4.79 Å². The molecule has 0 heterocycles. The van der Waals surface area contributed by atoms with Gasteiger partial charge in [0.2, 0.25) is 23.6 Å². The molecule has 0 aliphatic rings. The topological polar surface area (TPSA) is 211 Å². The third-order valence-corrected chi connectivity index (χ3v) is 5.98. The standard InChI is InChI=1S/C26H35N5O6.C2HF3O2/c1-17(30-25(36)21(27)14-19-8-10-20(33)11-9-19)24(35)29-16-23(34)31(2)22(26(37)28-12-13-32)15-18-6-4-3-5-7-18;3-2(4,5)1(6)7/h3-11,17,21-22,32-33H,12-16,27H2,1-2H3,(H,28,37)(H,29,35)(H,30,36);(H,6,7). The number of nitrogens with one attached hydrogen (secondary N) is 3. The molecule has 0 aliphatic carbocycles. The van der Waals surface area contributed by atoms with Gasteiger partial charge >= 0.3 is 12.1 Å². The van der Waals surface area contributed by atoms with Crippen LogP contribution >= 0.6 is 0 Å². The number of hydrogen-bond acceptors (Lipinski definition) is 8. The third-order valence-electron chi connectivity index (χ3n) is 5.98. The first-order valence-electron chi connectivity index (χ1n) is 13.2. The third kappa shape index (κ3) is 13.5. The van der Waals surface area contributed by atoms with E-state index >= 15 is 0 Å². The van der Waals surface area contributed by atoms with Gasteiger partial charge in [-0.3, -0.25) is 19.2 Å². The number of carboxylic acid groups (broad SMARTS) is 1. The number of benzene rings is 2. The monoisotopic (exact) mass is 627 g/mol. The molecule has 8 N–H and O–H groups in total. The lowest BCUT2D eigenvalue weighted by Gasteiger charge is -2.28. The number of phenols is 1. The average Bonchev–Trinajstić information content (AvgIpc) is 2.98. The Hall–Kier alpha value is -4.70. The molecule has 0 saturated carbocycles. The summed E-state index contributed by atoms with van der Waals surface area (Å²) in [5.41, 5.74) is 7.53. The molecule has 0 aromatic heterocycles. The van der Waals surface area contributed by atoms with E-state index in [0.29, 0.717) is 0 Å². The zero-order chi connectivity index (χ0) is 33.4. The van der Waals surface area contributed by atoms with Gasteiger partial charge in [-0.2, -0.15) is 13.2 Å². The van der Waals surface area contributed by atoms with Crippen molar-refractivity contribution in [3.05, 3.63) is 65.7 Å². The predicted molar refractivity (Wildman–Crippen MR) is 151 cm³/mol. The number of aliphatic carboxylic acids is 1. The minimum absolute atomic E-state index is 0.0506. The normalized spacial score (nSPS) is 12.8. The van der Waals surface area contributed by atoms with Gasteiger partial charge in [0.25, 0.3) is 0 Å². The number of amides is 4. The van der Waals surface area contributed by atoms with Gasteiger partial charge in [0.15, 0.2) is 0 Å². The van der Waals surface area contributed by atoms with Gasteiger partial charge in [0.1, 0.15) is 17.8 Å². The summed E-state index contributed by atoms with van der Waals surface area (Å²) in [6, 6.07) is 12.7. The lowest BCUT2D eigenvalue weighted by atomic mass is 10.0. The van der Waals surface area contributed by atoms with E-state index in [1.807, 2.05) is 30.3 Å². The van der Waals surface area contributed by atoms with E-state index in [2.05, 4.69) is 16.0 Å². The Morgan fingerprint density at radius 2 is 1.43 bits per heavy atom. The second kappa shape index (κ2) is 18.1. The first-order valence-corrected chi connectivity index (χ1v) is 13.2. The van der Waals surface area contributed by atoms with E-state index < -0.39 is 53.9 Å². The zero-order valence-corrected chi connectivity index (χ0v) is 24.0. The highest BCUT2D eigenvalue weighted by molar-refractivity contribution is 5.93. The summed E-state index contributed by atoms with van der Waals surface area (Å²) < 4.78 is 31.7. The molecule has 16 heteroatoms. The smallest absolute Gasteiger partial charge is 0.490 e. The Morgan fingerprint density at radius 3 is 1.95 bits per heavy atom. The van der Waals surface area contributed by atoms with Crippen LogP contribution in [-0.4, -0.2) is 101 Å². The highest BCUT2D eigenvalue weighted by atomic mass is 19.4. The summed E-state index contributed by atoms with van der Waals surface area (Å²) in [7, 11) is 1.47. The van der Waals surface area contributed by atoms with E-state index in [9.17, 15) is 37.5 Å². The van der Waals surface area contributed by atoms with E-state index in [4.69, 9.17) is 20.7 Å². The molecule has 44 heavy (non-hydrogen) atoms. The maximum absolute atomic E-state index is 12.8. The molecule has 2 rings (SSSR count). The lowest BCUT2D eigenvalue weighted by Crippen LogP contribution is -2.54. The summed E-state index contributed by atoms with van der Waals surface area (Å²) in [4.78, 5) is 60.5. The number of aromatic hydroxyl groups is 1. The van der Waals surface area contributed by atoms with Crippen LogP contribution in [0.5, 0.6) is 5.75 Å². The molecule has 0 saturated heterocycles. The van der Waals surface area contributed by atoms with Gasteiger partial charge in [0.05, 0.1) is 19.2 Å². The number of carboxylic acids is 1. The predicted octanol–water partition coefficient (Wildman–Crippen LogP) is -0.306. The number of likely N-dealkylation sites (N-methyl/N-ethyl adjacent to an activating group) is 1. The molecular formula is C28H36F3N5O8. The van der Waals surface area contributed by atoms with E-state index in [0.717, 1.165) is 11.1 Å². The molecule has 242 valence electrons. The summed E-state index contributed by atoms with van der Waals surface area (Å²) >= 11 is 0. The van der Waals surface area contributed by atoms with Crippen molar-refractivity contribution in [3.63, 3.8) is 0 Å². The molecule has 2 aromatic rings. The van der Waals surface area contributed by atoms with Crippen LogP contribution in [0, 0.1) is 0 Å². The van der Waals surface area contributed by atoms with Gasteiger partial charge < -0.3 is 41.9 Å². The fraction of sp³-hybridized carbons (Fsp3) is 0.393. The molecule has 3 atom stereocenters. The maximum atomic E-state index is 12.8. The fourth-order valence-corrected chi connectivity index (χ4v) is 3.52. The largest absolute Gasteiger partial charge is 0.508 e. The van der Waals surface area contributed by atoms with Crippen LogP contribution in [0.1, 0.15) is 18.1 Å². The van der Waals surface area contributed by atoms with Crippen LogP contribution in [0.2, 0.25) is 0 Å². The number of halogens is 3. The quantitative estimate of drug-likeness (QED) is 0.155. The van der Waals surface area contributed by atoms with E-state index in [1.165, 1.54) is 31.0 Å². The Labute approximate surface area is 251 Å². The molecule has 3 unspecified atom stereocenters. The number of aliphatic hydroxyl groups excluding tert-OH is 1. The maximum Gasteiger partial charge on any atom is 0.490 e. The first-order chi connectivity index (χ1) is 20.6. The van der Waals surface area contributed by atoms with Gasteiger partial charge in [-0.1, -0.05) is 42.5 Å². The molecule has 4 amide bonds. The van der Waals surface area contributed by atoms with Crippen molar-refractivity contribution in [2.45, 2.75) is 44.1 Å². The second-order valence-electron chi connectivity index (χ2n) is 9.45. The van der Waals surface area contributed by atoms with Crippen LogP contribution in [0.25, 0.3) is 0 Å². The van der Waals surface area contributed by atoms with Crippen LogP contribution < -0.4 is 21.7 Å². The number of nitrogens with two attached hydrogens (primary N) is 1. The van der Waals surface area contributed by atoms with Crippen molar-refractivity contribution < 1.29 is 52.5 Å². The van der Waals surface area contributed by atoms with Crippen LogP contribution in [-0.2, 0) is 36.8 Å². The highest BCUT2D eigenvalue weighted by Crippen LogP contribution is 2.13. The molecular weight excluding hydrogens is 591 g/mol. The Kier molecular flexibility index (Phi) is 15.3. The number of hydrogen-bond donors (Lipinski definition) is 7. The molecule has 0 spiro atoms. The molecule has 13 nitrogen and oxygen atoms in total. The zero-order valence-electron chi connectivity index (χ0n) is 24.0. The SMILES string of the molecule is CC(NC(=O)C(N)Cc1ccc(O)cc1)C(=O)NCC(=O)N(C)C(Cc1ccccc1)C(=O)NCCO.O=C(O)C(F)(F)F. The average molecular weight is 628 g/mol. The molecule has 0 aliphatic heterocycles.